The van der Waals surface area contributed by atoms with E-state index in [-0.39, 0.29) is 11.5 Å². The van der Waals surface area contributed by atoms with E-state index in [4.69, 9.17) is 5.26 Å². The summed E-state index contributed by atoms with van der Waals surface area (Å²) in [6, 6.07) is 1.87. The highest BCUT2D eigenvalue weighted by molar-refractivity contribution is 5.97. The predicted molar refractivity (Wildman–Crippen MR) is 77.4 cm³/mol. The second-order valence-electron chi connectivity index (χ2n) is 3.84. The molecular weight excluding hydrogens is 256 g/mol. The lowest BCUT2D eigenvalue weighted by molar-refractivity contribution is -0.125. The molecule has 0 saturated carbocycles. The first-order valence-electron chi connectivity index (χ1n) is 6.23. The maximum Gasteiger partial charge on any atom is 0.266 e. The van der Waals surface area contributed by atoms with Crippen LogP contribution in [-0.4, -0.2) is 43.4 Å². The Hall–Kier alpha value is -2.55. The normalized spacial score (nSPS) is 10.1. The van der Waals surface area contributed by atoms with Gasteiger partial charge in [-0.25, -0.2) is 0 Å². The van der Waals surface area contributed by atoms with Gasteiger partial charge in [-0.3, -0.25) is 9.59 Å². The third kappa shape index (κ3) is 7.01. The van der Waals surface area contributed by atoms with Crippen molar-refractivity contribution in [2.24, 2.45) is 0 Å². The Morgan fingerprint density at radius 2 is 1.80 bits per heavy atom. The number of carbonyl (C=O) groups is 2. The molecule has 0 saturated heterocycles. The smallest absolute Gasteiger partial charge is 0.266 e. The molecule has 6 heteroatoms. The molecule has 0 rings (SSSR count). The zero-order valence-corrected chi connectivity index (χ0v) is 11.5. The number of amides is 2. The van der Waals surface area contributed by atoms with Crippen molar-refractivity contribution in [3.63, 3.8) is 0 Å². The van der Waals surface area contributed by atoms with Gasteiger partial charge in [0, 0.05) is 32.4 Å². The number of nitriles is 1. The second-order valence-corrected chi connectivity index (χ2v) is 3.84. The Bertz CT molecular complexity index is 400. The fraction of sp³-hybridized carbons (Fsp3) is 0.357. The fourth-order valence-electron chi connectivity index (χ4n) is 1.39. The van der Waals surface area contributed by atoms with Crippen molar-refractivity contribution in [2.45, 2.75) is 6.42 Å². The van der Waals surface area contributed by atoms with Crippen LogP contribution in [0.15, 0.2) is 37.1 Å². The van der Waals surface area contributed by atoms with Crippen molar-refractivity contribution in [1.29, 1.82) is 5.26 Å². The topological polar surface area (TPSA) is 85.2 Å². The zero-order valence-electron chi connectivity index (χ0n) is 11.5. The average Bonchev–Trinajstić information content (AvgIpc) is 2.46. The van der Waals surface area contributed by atoms with E-state index in [0.29, 0.717) is 39.0 Å². The monoisotopic (exact) mass is 276 g/mol. The molecular formula is C14H20N4O2. The van der Waals surface area contributed by atoms with Crippen LogP contribution in [0.1, 0.15) is 6.42 Å². The van der Waals surface area contributed by atoms with Gasteiger partial charge in [0.05, 0.1) is 0 Å². The molecule has 0 spiro atoms. The first-order chi connectivity index (χ1) is 9.71. The van der Waals surface area contributed by atoms with E-state index >= 15 is 0 Å². The third-order valence-electron chi connectivity index (χ3n) is 2.31. The summed E-state index contributed by atoms with van der Waals surface area (Å²) in [5.74, 6) is -0.370. The van der Waals surface area contributed by atoms with Gasteiger partial charge in [-0.1, -0.05) is 12.2 Å². The summed E-state index contributed by atoms with van der Waals surface area (Å²) < 4.78 is 0. The largest absolute Gasteiger partial charge is 0.390 e. The third-order valence-corrected chi connectivity index (χ3v) is 2.31. The second kappa shape index (κ2) is 11.5. The summed E-state index contributed by atoms with van der Waals surface area (Å²) in [4.78, 5) is 23.6. The first kappa shape index (κ1) is 17.4. The van der Waals surface area contributed by atoms with Crippen LogP contribution in [0.5, 0.6) is 0 Å². The van der Waals surface area contributed by atoms with E-state index < -0.39 is 0 Å². The summed E-state index contributed by atoms with van der Waals surface area (Å²) in [6.07, 6.45) is 5.90. The van der Waals surface area contributed by atoms with Crippen molar-refractivity contribution in [2.75, 3.05) is 26.2 Å². The highest BCUT2D eigenvalue weighted by Gasteiger charge is 2.15. The maximum absolute atomic E-state index is 12.1. The molecule has 0 unspecified atom stereocenters. The number of rotatable bonds is 11. The summed E-state index contributed by atoms with van der Waals surface area (Å²) in [7, 11) is 0. The molecule has 0 heterocycles. The highest BCUT2D eigenvalue weighted by atomic mass is 16.2. The standard InChI is InChI=1S/C14H20N4O2/c1-3-8-18(9-4-2)14(20)13(10-15)11-16-6-5-7-17-12-19/h3-4,11-12,16H,1-2,5-9H2,(H,17,19)/b13-11-. The minimum Gasteiger partial charge on any atom is -0.390 e. The molecule has 0 aromatic carbocycles. The Balaban J connectivity index is 4.43. The molecule has 0 aromatic rings. The summed E-state index contributed by atoms with van der Waals surface area (Å²) in [6.45, 7) is 8.95. The Labute approximate surface area is 119 Å². The number of nitrogens with one attached hydrogen (secondary N) is 2. The maximum atomic E-state index is 12.1. The van der Waals surface area contributed by atoms with E-state index in [0.717, 1.165) is 0 Å². The van der Waals surface area contributed by atoms with Crippen LogP contribution in [0.25, 0.3) is 0 Å². The molecule has 2 N–H and O–H groups in total. The number of hydrogen-bond donors (Lipinski definition) is 2. The SMILES string of the molecule is C=CCN(CC=C)C(=O)/C(C#N)=C\NCCCNC=O. The summed E-state index contributed by atoms with van der Waals surface area (Å²) in [5, 5.41) is 14.4. The van der Waals surface area contributed by atoms with Crippen LogP contribution in [0.2, 0.25) is 0 Å². The van der Waals surface area contributed by atoms with Crippen molar-refractivity contribution >= 4 is 12.3 Å². The highest BCUT2D eigenvalue weighted by Crippen LogP contribution is 2.01. The molecule has 108 valence electrons. The Morgan fingerprint density at radius 1 is 1.20 bits per heavy atom. The van der Waals surface area contributed by atoms with Gasteiger partial charge >= 0.3 is 0 Å². The molecule has 0 bridgehead atoms. The van der Waals surface area contributed by atoms with Crippen LogP contribution in [0.4, 0.5) is 0 Å². The number of carbonyl (C=O) groups excluding carboxylic acids is 2. The van der Waals surface area contributed by atoms with Gasteiger partial charge in [-0.2, -0.15) is 5.26 Å². The van der Waals surface area contributed by atoms with Crippen molar-refractivity contribution in [1.82, 2.24) is 15.5 Å². The molecule has 0 aliphatic rings. The quantitative estimate of drug-likeness (QED) is 0.187. The van der Waals surface area contributed by atoms with Crippen LogP contribution in [0, 0.1) is 11.3 Å². The van der Waals surface area contributed by atoms with Gasteiger partial charge in [-0.05, 0) is 6.42 Å². The predicted octanol–water partition coefficient (Wildman–Crippen LogP) is 0.320. The molecule has 0 atom stereocenters. The Morgan fingerprint density at radius 3 is 2.30 bits per heavy atom. The summed E-state index contributed by atoms with van der Waals surface area (Å²) >= 11 is 0. The lowest BCUT2D eigenvalue weighted by Crippen LogP contribution is -2.32. The first-order valence-corrected chi connectivity index (χ1v) is 6.23. The summed E-state index contributed by atoms with van der Waals surface area (Å²) in [5.41, 5.74) is 0.0250. The molecule has 0 aliphatic heterocycles. The van der Waals surface area contributed by atoms with Crippen LogP contribution in [-0.2, 0) is 9.59 Å². The minimum atomic E-state index is -0.370. The molecule has 6 nitrogen and oxygen atoms in total. The van der Waals surface area contributed by atoms with Gasteiger partial charge in [0.1, 0.15) is 11.6 Å². The Kier molecular flexibility index (Phi) is 10.1. The van der Waals surface area contributed by atoms with Crippen molar-refractivity contribution in [3.05, 3.63) is 37.1 Å². The average molecular weight is 276 g/mol. The lowest BCUT2D eigenvalue weighted by atomic mass is 10.2. The fourth-order valence-corrected chi connectivity index (χ4v) is 1.39. The molecule has 20 heavy (non-hydrogen) atoms. The van der Waals surface area contributed by atoms with E-state index in [9.17, 15) is 9.59 Å². The molecule has 2 amide bonds. The van der Waals surface area contributed by atoms with Crippen LogP contribution < -0.4 is 10.6 Å². The molecule has 0 aliphatic carbocycles. The number of nitrogens with zero attached hydrogens (tertiary/aromatic N) is 2. The van der Waals surface area contributed by atoms with E-state index in [1.807, 2.05) is 6.07 Å². The molecule has 0 fully saturated rings. The van der Waals surface area contributed by atoms with Crippen LogP contribution in [0.3, 0.4) is 0 Å². The number of hydrogen-bond acceptors (Lipinski definition) is 4. The zero-order chi connectivity index (χ0) is 15.2. The van der Waals surface area contributed by atoms with Crippen molar-refractivity contribution < 1.29 is 9.59 Å². The van der Waals surface area contributed by atoms with Crippen molar-refractivity contribution in [3.8, 4) is 6.07 Å². The molecule has 0 radical (unpaired) electrons. The van der Waals surface area contributed by atoms with Gasteiger partial charge in [-0.15, -0.1) is 13.2 Å². The lowest BCUT2D eigenvalue weighted by Gasteiger charge is -2.18. The van der Waals surface area contributed by atoms with Gasteiger partial charge in [0.2, 0.25) is 6.41 Å². The van der Waals surface area contributed by atoms with Gasteiger partial charge < -0.3 is 15.5 Å². The van der Waals surface area contributed by atoms with E-state index in [2.05, 4.69) is 23.8 Å². The van der Waals surface area contributed by atoms with Crippen LogP contribution >= 0.6 is 0 Å². The molecule has 0 aromatic heterocycles. The minimum absolute atomic E-state index is 0.0250. The van der Waals surface area contributed by atoms with E-state index in [1.165, 1.54) is 11.1 Å². The van der Waals surface area contributed by atoms with Gasteiger partial charge in [0.25, 0.3) is 5.91 Å². The van der Waals surface area contributed by atoms with Gasteiger partial charge in [0.15, 0.2) is 0 Å². The van der Waals surface area contributed by atoms with E-state index in [1.54, 1.807) is 12.2 Å².